The van der Waals surface area contributed by atoms with Crippen LogP contribution in [0.5, 0.6) is 0 Å². The third-order valence-electron chi connectivity index (χ3n) is 1.34. The van der Waals surface area contributed by atoms with Gasteiger partial charge in [0.05, 0.1) is 6.61 Å². The molecule has 0 aromatic heterocycles. The zero-order valence-corrected chi connectivity index (χ0v) is 9.75. The number of carboxylic acids is 1. The molecule has 0 amide bonds. The van der Waals surface area contributed by atoms with Gasteiger partial charge in [-0.2, -0.15) is 0 Å². The second-order valence-electron chi connectivity index (χ2n) is 2.63. The first kappa shape index (κ1) is 17.3. The molecule has 1 aromatic carbocycles. The van der Waals surface area contributed by atoms with Gasteiger partial charge in [0, 0.05) is 6.08 Å². The summed E-state index contributed by atoms with van der Waals surface area (Å²) in [6.07, 6.45) is 4.10. The molecule has 2 N–H and O–H groups in total. The van der Waals surface area contributed by atoms with E-state index in [1.54, 1.807) is 0 Å². The standard InChI is InChI=1S/C8H8.C3H4O2.C3H6O/c1-2-8-6-4-3-5-7-8;1-2-3(4)5;1-2-3-4/h2-7H,1H2;2H,1H2,(H,4,5);2,4H,1,3H2. The summed E-state index contributed by atoms with van der Waals surface area (Å²) >= 11 is 0. The Bertz CT molecular complexity index is 329. The Morgan fingerprint density at radius 1 is 1.18 bits per heavy atom. The molecular weight excluding hydrogens is 216 g/mol. The third kappa shape index (κ3) is 16.5. The molecule has 92 valence electrons. The van der Waals surface area contributed by atoms with E-state index in [0.29, 0.717) is 0 Å². The van der Waals surface area contributed by atoms with Crippen LogP contribution in [0.2, 0.25) is 0 Å². The number of aliphatic carboxylic acids is 1. The average Bonchev–Trinajstić information content (AvgIpc) is 2.40. The Morgan fingerprint density at radius 3 is 1.76 bits per heavy atom. The molecule has 1 rings (SSSR count). The van der Waals surface area contributed by atoms with Gasteiger partial charge in [0.25, 0.3) is 0 Å². The molecule has 0 atom stereocenters. The Balaban J connectivity index is 0. The van der Waals surface area contributed by atoms with Gasteiger partial charge in [-0.1, -0.05) is 55.6 Å². The second-order valence-corrected chi connectivity index (χ2v) is 2.63. The van der Waals surface area contributed by atoms with Crippen LogP contribution in [-0.2, 0) is 4.79 Å². The lowest BCUT2D eigenvalue weighted by atomic mass is 10.2. The lowest BCUT2D eigenvalue weighted by molar-refractivity contribution is -0.131. The highest BCUT2D eigenvalue weighted by Gasteiger charge is 1.75. The molecule has 3 nitrogen and oxygen atoms in total. The van der Waals surface area contributed by atoms with Crippen molar-refractivity contribution in [1.82, 2.24) is 0 Å². The second kappa shape index (κ2) is 13.9. The summed E-state index contributed by atoms with van der Waals surface area (Å²) in [7, 11) is 0. The van der Waals surface area contributed by atoms with E-state index < -0.39 is 5.97 Å². The number of aliphatic hydroxyl groups excluding tert-OH is 1. The lowest BCUT2D eigenvalue weighted by Gasteiger charge is -1.85. The Morgan fingerprint density at radius 2 is 1.59 bits per heavy atom. The number of benzene rings is 1. The highest BCUT2D eigenvalue weighted by atomic mass is 16.4. The Labute approximate surface area is 102 Å². The first-order chi connectivity index (χ1) is 8.12. The molecule has 0 saturated heterocycles. The van der Waals surface area contributed by atoms with Crippen molar-refractivity contribution in [3.63, 3.8) is 0 Å². The van der Waals surface area contributed by atoms with Crippen molar-refractivity contribution in [3.05, 3.63) is 67.8 Å². The molecule has 1 aromatic rings. The van der Waals surface area contributed by atoms with Crippen molar-refractivity contribution in [3.8, 4) is 0 Å². The highest BCUT2D eigenvalue weighted by molar-refractivity contribution is 5.78. The maximum Gasteiger partial charge on any atom is 0.327 e. The minimum atomic E-state index is -0.981. The predicted octanol–water partition coefficient (Wildman–Crippen LogP) is 2.75. The average molecular weight is 234 g/mol. The molecule has 0 fully saturated rings. The Hall–Kier alpha value is -2.13. The van der Waals surface area contributed by atoms with Crippen LogP contribution in [0.3, 0.4) is 0 Å². The van der Waals surface area contributed by atoms with Gasteiger partial charge >= 0.3 is 5.97 Å². The minimum Gasteiger partial charge on any atom is -0.478 e. The summed E-state index contributed by atoms with van der Waals surface area (Å²) in [6, 6.07) is 10.0. The fraction of sp³-hybridized carbons (Fsp3) is 0.0714. The van der Waals surface area contributed by atoms with E-state index in [1.807, 2.05) is 36.4 Å². The molecule has 3 heteroatoms. The molecule has 0 aliphatic carbocycles. The van der Waals surface area contributed by atoms with E-state index in [0.717, 1.165) is 6.08 Å². The number of carboxylic acid groups (broad SMARTS) is 1. The number of aliphatic hydroxyl groups is 1. The van der Waals surface area contributed by atoms with Crippen molar-refractivity contribution in [2.75, 3.05) is 6.61 Å². The van der Waals surface area contributed by atoms with Gasteiger partial charge in [-0.15, -0.1) is 6.58 Å². The van der Waals surface area contributed by atoms with Crippen LogP contribution in [0.4, 0.5) is 0 Å². The summed E-state index contributed by atoms with van der Waals surface area (Å²) in [5.74, 6) is -0.981. The summed E-state index contributed by atoms with van der Waals surface area (Å²) < 4.78 is 0. The van der Waals surface area contributed by atoms with E-state index in [1.165, 1.54) is 11.6 Å². The van der Waals surface area contributed by atoms with Crippen molar-refractivity contribution in [2.45, 2.75) is 0 Å². The fourth-order valence-corrected chi connectivity index (χ4v) is 0.589. The predicted molar refractivity (Wildman–Crippen MR) is 71.6 cm³/mol. The molecule has 0 saturated carbocycles. The van der Waals surface area contributed by atoms with Crippen molar-refractivity contribution < 1.29 is 15.0 Å². The van der Waals surface area contributed by atoms with E-state index in [9.17, 15) is 4.79 Å². The number of rotatable bonds is 3. The highest BCUT2D eigenvalue weighted by Crippen LogP contribution is 1.97. The number of carbonyl (C=O) groups is 1. The normalized spacial score (nSPS) is 7.35. The van der Waals surface area contributed by atoms with Crippen LogP contribution in [0.15, 0.2) is 62.2 Å². The number of hydrogen-bond donors (Lipinski definition) is 2. The molecule has 0 radical (unpaired) electrons. The van der Waals surface area contributed by atoms with Crippen molar-refractivity contribution in [1.29, 1.82) is 0 Å². The summed E-state index contributed by atoms with van der Waals surface area (Å²) in [4.78, 5) is 9.25. The van der Waals surface area contributed by atoms with Crippen LogP contribution in [-0.4, -0.2) is 22.8 Å². The quantitative estimate of drug-likeness (QED) is 0.624. The van der Waals surface area contributed by atoms with Crippen LogP contribution in [0.25, 0.3) is 6.08 Å². The molecular formula is C14H18O3. The van der Waals surface area contributed by atoms with Crippen molar-refractivity contribution in [2.24, 2.45) is 0 Å². The smallest absolute Gasteiger partial charge is 0.327 e. The number of hydrogen-bond acceptors (Lipinski definition) is 2. The van der Waals surface area contributed by atoms with Gasteiger partial charge in [-0.25, -0.2) is 4.79 Å². The Kier molecular flexibility index (Phi) is 14.1. The van der Waals surface area contributed by atoms with E-state index in [4.69, 9.17) is 10.2 Å². The van der Waals surface area contributed by atoms with Gasteiger partial charge in [0.2, 0.25) is 0 Å². The molecule has 0 unspecified atom stereocenters. The summed E-state index contributed by atoms with van der Waals surface area (Å²) in [5.41, 5.74) is 1.17. The summed E-state index contributed by atoms with van der Waals surface area (Å²) in [5, 5.41) is 15.4. The largest absolute Gasteiger partial charge is 0.478 e. The van der Waals surface area contributed by atoms with Crippen molar-refractivity contribution >= 4 is 12.0 Å². The molecule has 0 aliphatic rings. The molecule has 0 spiro atoms. The van der Waals surface area contributed by atoms with Crippen LogP contribution >= 0.6 is 0 Å². The van der Waals surface area contributed by atoms with Gasteiger partial charge in [-0.05, 0) is 5.56 Å². The first-order valence-electron chi connectivity index (χ1n) is 4.86. The lowest BCUT2D eigenvalue weighted by Crippen LogP contribution is -1.82. The fourth-order valence-electron chi connectivity index (χ4n) is 0.589. The zero-order valence-electron chi connectivity index (χ0n) is 9.75. The SMILES string of the molecule is C=CC(=O)O.C=CCO.C=Cc1ccccc1. The maximum absolute atomic E-state index is 9.25. The zero-order chi connectivity index (χ0) is 13.5. The summed E-state index contributed by atoms with van der Waals surface area (Å²) in [6.45, 7) is 9.90. The topological polar surface area (TPSA) is 57.5 Å². The van der Waals surface area contributed by atoms with E-state index >= 15 is 0 Å². The van der Waals surface area contributed by atoms with Crippen LogP contribution in [0.1, 0.15) is 5.56 Å². The molecule has 17 heavy (non-hydrogen) atoms. The monoisotopic (exact) mass is 234 g/mol. The third-order valence-corrected chi connectivity index (χ3v) is 1.34. The first-order valence-corrected chi connectivity index (χ1v) is 4.86. The van der Waals surface area contributed by atoms with Gasteiger partial charge in [0.15, 0.2) is 0 Å². The van der Waals surface area contributed by atoms with Gasteiger partial charge in [-0.3, -0.25) is 0 Å². The maximum atomic E-state index is 9.25. The van der Waals surface area contributed by atoms with Crippen LogP contribution < -0.4 is 0 Å². The minimum absolute atomic E-state index is 0.0833. The molecule has 0 aliphatic heterocycles. The molecule has 0 bridgehead atoms. The van der Waals surface area contributed by atoms with E-state index in [2.05, 4.69) is 19.7 Å². The molecule has 0 heterocycles. The van der Waals surface area contributed by atoms with Crippen LogP contribution in [0, 0.1) is 0 Å². The van der Waals surface area contributed by atoms with Gasteiger partial charge in [0.1, 0.15) is 0 Å². The van der Waals surface area contributed by atoms with E-state index in [-0.39, 0.29) is 6.61 Å². The van der Waals surface area contributed by atoms with Gasteiger partial charge < -0.3 is 10.2 Å².